The second kappa shape index (κ2) is 6.92. The monoisotopic (exact) mass is 262 g/mol. The van der Waals surface area contributed by atoms with Gasteiger partial charge in [-0.25, -0.2) is 0 Å². The van der Waals surface area contributed by atoms with Crippen LogP contribution in [0.5, 0.6) is 5.75 Å². The molecule has 0 saturated heterocycles. The van der Waals surface area contributed by atoms with Crippen molar-refractivity contribution in [2.24, 2.45) is 0 Å². The summed E-state index contributed by atoms with van der Waals surface area (Å²) in [5.41, 5.74) is 1.34. The Morgan fingerprint density at radius 3 is 2.47 bits per heavy atom. The first-order valence-electron chi connectivity index (χ1n) is 7.33. The zero-order valence-corrected chi connectivity index (χ0v) is 12.4. The second-order valence-corrected chi connectivity index (χ2v) is 5.34. The van der Waals surface area contributed by atoms with Gasteiger partial charge in [0.1, 0.15) is 5.75 Å². The summed E-state index contributed by atoms with van der Waals surface area (Å²) in [5, 5.41) is 3.44. The smallest absolute Gasteiger partial charge is 0.118 e. The van der Waals surface area contributed by atoms with E-state index in [0.29, 0.717) is 6.04 Å². The van der Waals surface area contributed by atoms with Crippen molar-refractivity contribution in [3.8, 4) is 5.75 Å². The molecule has 1 atom stereocenters. The van der Waals surface area contributed by atoms with Gasteiger partial charge < -0.3 is 10.1 Å². The normalized spacial score (nSPS) is 16.6. The van der Waals surface area contributed by atoms with E-state index in [1.54, 1.807) is 7.11 Å². The lowest BCUT2D eigenvalue weighted by Gasteiger charge is -2.27. The number of benzene rings is 1. The Labute approximate surface area is 116 Å². The van der Waals surface area contributed by atoms with E-state index < -0.39 is 0 Å². The minimum absolute atomic E-state index is 0.401. The van der Waals surface area contributed by atoms with Gasteiger partial charge in [0.25, 0.3) is 0 Å². The SMILES string of the molecule is CCCN(CC(NC)c1ccc(OC)cc1)C1CC1. The zero-order chi connectivity index (χ0) is 13.7. The highest BCUT2D eigenvalue weighted by molar-refractivity contribution is 5.29. The van der Waals surface area contributed by atoms with Gasteiger partial charge in [0, 0.05) is 18.6 Å². The van der Waals surface area contributed by atoms with Gasteiger partial charge in [-0.1, -0.05) is 19.1 Å². The second-order valence-electron chi connectivity index (χ2n) is 5.34. The number of hydrogen-bond donors (Lipinski definition) is 1. The maximum absolute atomic E-state index is 5.22. The molecule has 1 unspecified atom stereocenters. The summed E-state index contributed by atoms with van der Waals surface area (Å²) in [6, 6.07) is 9.64. The van der Waals surface area contributed by atoms with Crippen LogP contribution in [0.4, 0.5) is 0 Å². The van der Waals surface area contributed by atoms with Crippen LogP contribution in [-0.2, 0) is 0 Å². The quantitative estimate of drug-likeness (QED) is 0.779. The van der Waals surface area contributed by atoms with Crippen molar-refractivity contribution in [3.63, 3.8) is 0 Å². The average Bonchev–Trinajstić information content (AvgIpc) is 3.28. The van der Waals surface area contributed by atoms with Gasteiger partial charge in [0.2, 0.25) is 0 Å². The maximum Gasteiger partial charge on any atom is 0.118 e. The topological polar surface area (TPSA) is 24.5 Å². The van der Waals surface area contributed by atoms with Gasteiger partial charge in [0.15, 0.2) is 0 Å². The Balaban J connectivity index is 2.00. The third-order valence-corrected chi connectivity index (χ3v) is 3.86. The Morgan fingerprint density at radius 2 is 2.00 bits per heavy atom. The van der Waals surface area contributed by atoms with Crippen molar-refractivity contribution in [1.29, 1.82) is 0 Å². The van der Waals surface area contributed by atoms with Crippen LogP contribution in [0.1, 0.15) is 37.8 Å². The van der Waals surface area contributed by atoms with E-state index in [0.717, 1.165) is 18.3 Å². The van der Waals surface area contributed by atoms with E-state index in [9.17, 15) is 0 Å². The number of likely N-dealkylation sites (N-methyl/N-ethyl adjacent to an activating group) is 1. The van der Waals surface area contributed by atoms with Crippen LogP contribution >= 0.6 is 0 Å². The lowest BCUT2D eigenvalue weighted by molar-refractivity contribution is 0.237. The maximum atomic E-state index is 5.22. The molecule has 1 aromatic carbocycles. The van der Waals surface area contributed by atoms with Crippen molar-refractivity contribution in [1.82, 2.24) is 10.2 Å². The first-order valence-corrected chi connectivity index (χ1v) is 7.33. The van der Waals surface area contributed by atoms with Gasteiger partial charge in [-0.3, -0.25) is 4.90 Å². The Hall–Kier alpha value is -1.06. The standard InChI is InChI=1S/C16H26N2O/c1-4-11-18(14-7-8-14)12-16(17-2)13-5-9-15(19-3)10-6-13/h5-6,9-10,14,16-17H,4,7-8,11-12H2,1-3H3. The molecule has 3 nitrogen and oxygen atoms in total. The molecule has 0 amide bonds. The van der Waals surface area contributed by atoms with E-state index in [2.05, 4.69) is 29.3 Å². The van der Waals surface area contributed by atoms with Crippen molar-refractivity contribution < 1.29 is 4.74 Å². The number of methoxy groups -OCH3 is 1. The van der Waals surface area contributed by atoms with Gasteiger partial charge in [0.05, 0.1) is 7.11 Å². The van der Waals surface area contributed by atoms with E-state index >= 15 is 0 Å². The molecule has 0 radical (unpaired) electrons. The molecule has 0 bridgehead atoms. The van der Waals surface area contributed by atoms with Crippen LogP contribution < -0.4 is 10.1 Å². The molecule has 2 rings (SSSR count). The molecule has 19 heavy (non-hydrogen) atoms. The Bertz CT molecular complexity index is 373. The predicted octanol–water partition coefficient (Wildman–Crippen LogP) is 2.83. The highest BCUT2D eigenvalue weighted by Gasteiger charge is 2.29. The molecule has 0 spiro atoms. The van der Waals surface area contributed by atoms with Crippen LogP contribution in [0.3, 0.4) is 0 Å². The molecule has 1 aliphatic rings. The fourth-order valence-corrected chi connectivity index (χ4v) is 2.58. The summed E-state index contributed by atoms with van der Waals surface area (Å²) in [6.45, 7) is 4.57. The Kier molecular flexibility index (Phi) is 5.23. The molecule has 0 aliphatic heterocycles. The lowest BCUT2D eigenvalue weighted by atomic mass is 10.1. The number of hydrogen-bond acceptors (Lipinski definition) is 3. The number of nitrogens with zero attached hydrogens (tertiary/aromatic N) is 1. The highest BCUT2D eigenvalue weighted by Crippen LogP contribution is 2.29. The van der Waals surface area contributed by atoms with Gasteiger partial charge in [-0.2, -0.15) is 0 Å². The highest BCUT2D eigenvalue weighted by atomic mass is 16.5. The first-order chi connectivity index (χ1) is 9.28. The number of ether oxygens (including phenoxy) is 1. The van der Waals surface area contributed by atoms with Gasteiger partial charge >= 0.3 is 0 Å². The van der Waals surface area contributed by atoms with E-state index in [1.807, 2.05) is 19.2 Å². The number of rotatable bonds is 8. The summed E-state index contributed by atoms with van der Waals surface area (Å²) in [5.74, 6) is 0.922. The molecule has 1 aliphatic carbocycles. The van der Waals surface area contributed by atoms with Crippen molar-refractivity contribution in [2.45, 2.75) is 38.3 Å². The summed E-state index contributed by atoms with van der Waals surface area (Å²) in [7, 11) is 3.76. The molecule has 1 saturated carbocycles. The van der Waals surface area contributed by atoms with Crippen molar-refractivity contribution in [2.75, 3.05) is 27.2 Å². The van der Waals surface area contributed by atoms with Crippen LogP contribution in [0.25, 0.3) is 0 Å². The Morgan fingerprint density at radius 1 is 1.32 bits per heavy atom. The van der Waals surface area contributed by atoms with Crippen LogP contribution in [0.2, 0.25) is 0 Å². The third kappa shape index (κ3) is 3.95. The molecule has 1 N–H and O–H groups in total. The van der Waals surface area contributed by atoms with Crippen molar-refractivity contribution in [3.05, 3.63) is 29.8 Å². The fraction of sp³-hybridized carbons (Fsp3) is 0.625. The zero-order valence-electron chi connectivity index (χ0n) is 12.4. The molecular weight excluding hydrogens is 236 g/mol. The molecule has 106 valence electrons. The molecule has 0 heterocycles. The minimum Gasteiger partial charge on any atom is -0.497 e. The summed E-state index contributed by atoms with van der Waals surface area (Å²) < 4.78 is 5.22. The van der Waals surface area contributed by atoms with E-state index in [1.165, 1.54) is 31.4 Å². The van der Waals surface area contributed by atoms with Crippen LogP contribution in [0.15, 0.2) is 24.3 Å². The van der Waals surface area contributed by atoms with Crippen LogP contribution in [-0.4, -0.2) is 38.2 Å². The lowest BCUT2D eigenvalue weighted by Crippen LogP contribution is -2.35. The van der Waals surface area contributed by atoms with E-state index in [-0.39, 0.29) is 0 Å². The summed E-state index contributed by atoms with van der Waals surface area (Å²) in [6.07, 6.45) is 3.98. The van der Waals surface area contributed by atoms with E-state index in [4.69, 9.17) is 4.74 Å². The predicted molar refractivity (Wildman–Crippen MR) is 79.7 cm³/mol. The van der Waals surface area contributed by atoms with Gasteiger partial charge in [-0.05, 0) is 50.6 Å². The van der Waals surface area contributed by atoms with Crippen LogP contribution in [0, 0.1) is 0 Å². The first kappa shape index (κ1) is 14.4. The minimum atomic E-state index is 0.401. The summed E-state index contributed by atoms with van der Waals surface area (Å²) in [4.78, 5) is 2.63. The summed E-state index contributed by atoms with van der Waals surface area (Å²) >= 11 is 0. The molecule has 3 heteroatoms. The number of nitrogens with one attached hydrogen (secondary N) is 1. The molecule has 0 aromatic heterocycles. The van der Waals surface area contributed by atoms with Crippen molar-refractivity contribution >= 4 is 0 Å². The van der Waals surface area contributed by atoms with Gasteiger partial charge in [-0.15, -0.1) is 0 Å². The third-order valence-electron chi connectivity index (χ3n) is 3.86. The molecular formula is C16H26N2O. The largest absolute Gasteiger partial charge is 0.497 e. The average molecular weight is 262 g/mol. The molecule has 1 fully saturated rings. The fourth-order valence-electron chi connectivity index (χ4n) is 2.58. The molecule has 1 aromatic rings.